The Morgan fingerprint density at radius 1 is 1.02 bits per heavy atom. The number of benzene rings is 2. The van der Waals surface area contributed by atoms with E-state index in [1.807, 2.05) is 18.7 Å². The van der Waals surface area contributed by atoms with Gasteiger partial charge in [-0.1, -0.05) is 18.2 Å². The molecule has 0 bridgehead atoms. The number of hydrogen-bond donors (Lipinski definition) is 4. The number of aryl methyl sites for hydroxylation is 1. The van der Waals surface area contributed by atoms with E-state index in [-0.39, 0.29) is 30.0 Å². The Hall–Kier alpha value is -4.61. The lowest BCUT2D eigenvalue weighted by atomic mass is 9.83. The zero-order valence-corrected chi connectivity index (χ0v) is 25.6. The Morgan fingerprint density at radius 2 is 1.76 bits per heavy atom. The van der Waals surface area contributed by atoms with E-state index < -0.39 is 17.7 Å². The van der Waals surface area contributed by atoms with Crippen LogP contribution < -0.4 is 16.0 Å². The van der Waals surface area contributed by atoms with E-state index in [4.69, 9.17) is 0 Å². The van der Waals surface area contributed by atoms with Crippen LogP contribution >= 0.6 is 0 Å². The minimum Gasteiger partial charge on any atom is -0.359 e. The molecule has 1 aromatic heterocycles. The monoisotopic (exact) mass is 612 g/mol. The number of amides is 3. The zero-order chi connectivity index (χ0) is 31.8. The molecule has 3 aliphatic heterocycles. The van der Waals surface area contributed by atoms with E-state index in [2.05, 4.69) is 32.9 Å². The quantitative estimate of drug-likeness (QED) is 0.251. The fraction of sp³-hybridized carbons (Fsp3) is 0.353. The Kier molecular flexibility index (Phi) is 8.39. The fourth-order valence-electron chi connectivity index (χ4n) is 6.35. The number of fused-ring (bicyclic) bond motifs is 1. The third-order valence-electron chi connectivity index (χ3n) is 9.15. The van der Waals surface area contributed by atoms with Crippen molar-refractivity contribution in [1.82, 2.24) is 20.1 Å². The zero-order valence-electron chi connectivity index (χ0n) is 25.6. The first-order chi connectivity index (χ1) is 21.6. The molecule has 3 aliphatic rings. The summed E-state index contributed by atoms with van der Waals surface area (Å²) < 4.78 is 13.4. The fourth-order valence-corrected chi connectivity index (χ4v) is 6.35. The van der Waals surface area contributed by atoms with Crippen LogP contribution in [0.4, 0.5) is 15.8 Å². The number of carbonyl (C=O) groups is 4. The number of rotatable bonds is 6. The minimum atomic E-state index is -0.913. The summed E-state index contributed by atoms with van der Waals surface area (Å²) in [5, 5.41) is 8.84. The molecule has 2 atom stereocenters. The Morgan fingerprint density at radius 3 is 2.49 bits per heavy atom. The summed E-state index contributed by atoms with van der Waals surface area (Å²) in [6.45, 7) is 7.64. The molecule has 3 amide bonds. The van der Waals surface area contributed by atoms with Gasteiger partial charge in [-0.05, 0) is 67.9 Å². The van der Waals surface area contributed by atoms with E-state index in [0.717, 1.165) is 48.7 Å². The number of halogens is 1. The van der Waals surface area contributed by atoms with Crippen molar-refractivity contribution in [3.63, 3.8) is 0 Å². The molecule has 10 nitrogen and oxygen atoms in total. The molecular weight excluding hydrogens is 575 g/mol. The largest absolute Gasteiger partial charge is 0.359 e. The molecule has 0 saturated carbocycles. The molecular formula is C34H37FN6O4. The number of nitrogens with one attached hydrogen (secondary N) is 4. The second kappa shape index (κ2) is 12.4. The van der Waals surface area contributed by atoms with Crippen LogP contribution in [0.2, 0.25) is 0 Å². The SMILES string of the molecule is Cc1[nH]c(/C=C2\C(=O)Nc3cc(NC(=O)C4CNCC(c5ccc(F)cc5)C4=O)ccc32)c(C)c1CC(=O)N1CCN(C)CC1. The molecule has 2 aromatic carbocycles. The van der Waals surface area contributed by atoms with Crippen LogP contribution in [0, 0.1) is 25.6 Å². The van der Waals surface area contributed by atoms with Crippen LogP contribution in [0.15, 0.2) is 42.5 Å². The highest BCUT2D eigenvalue weighted by atomic mass is 19.1. The molecule has 11 heteroatoms. The van der Waals surface area contributed by atoms with Gasteiger partial charge >= 0.3 is 0 Å². The number of nitrogens with zero attached hydrogens (tertiary/aromatic N) is 2. The maximum Gasteiger partial charge on any atom is 0.256 e. The average Bonchev–Trinajstić information content (AvgIpc) is 3.47. The summed E-state index contributed by atoms with van der Waals surface area (Å²) >= 11 is 0. The molecule has 0 radical (unpaired) electrons. The predicted molar refractivity (Wildman–Crippen MR) is 170 cm³/mol. The molecule has 2 fully saturated rings. The first-order valence-electron chi connectivity index (χ1n) is 15.2. The normalized spacial score (nSPS) is 21.2. The predicted octanol–water partition coefficient (Wildman–Crippen LogP) is 3.09. The summed E-state index contributed by atoms with van der Waals surface area (Å²) in [6.07, 6.45) is 2.10. The first kappa shape index (κ1) is 30.4. The Balaban J connectivity index is 1.16. The van der Waals surface area contributed by atoms with E-state index in [9.17, 15) is 23.6 Å². The summed E-state index contributed by atoms with van der Waals surface area (Å²) in [7, 11) is 2.06. The average molecular weight is 613 g/mol. The number of anilines is 2. The second-order valence-corrected chi connectivity index (χ2v) is 12.1. The molecule has 2 unspecified atom stereocenters. The molecule has 3 aromatic rings. The van der Waals surface area contributed by atoms with Gasteiger partial charge in [-0.2, -0.15) is 0 Å². The molecule has 4 heterocycles. The first-order valence-corrected chi connectivity index (χ1v) is 15.2. The van der Waals surface area contributed by atoms with Crippen LogP contribution in [0.3, 0.4) is 0 Å². The van der Waals surface area contributed by atoms with Crippen LogP contribution in [-0.4, -0.2) is 84.6 Å². The van der Waals surface area contributed by atoms with E-state index >= 15 is 0 Å². The van der Waals surface area contributed by atoms with E-state index in [1.54, 1.807) is 36.4 Å². The molecule has 6 rings (SSSR count). The van der Waals surface area contributed by atoms with Crippen molar-refractivity contribution >= 4 is 46.5 Å². The van der Waals surface area contributed by atoms with Crippen molar-refractivity contribution in [2.75, 3.05) is 56.9 Å². The summed E-state index contributed by atoms with van der Waals surface area (Å²) in [4.78, 5) is 59.9. The van der Waals surface area contributed by atoms with Gasteiger partial charge in [-0.3, -0.25) is 19.2 Å². The Labute approximate surface area is 261 Å². The van der Waals surface area contributed by atoms with Crippen molar-refractivity contribution < 1.29 is 23.6 Å². The molecule has 45 heavy (non-hydrogen) atoms. The highest BCUT2D eigenvalue weighted by Gasteiger charge is 2.37. The molecule has 234 valence electrons. The lowest BCUT2D eigenvalue weighted by Gasteiger charge is -2.32. The third kappa shape index (κ3) is 6.18. The van der Waals surface area contributed by atoms with Crippen LogP contribution in [0.5, 0.6) is 0 Å². The number of aromatic nitrogens is 1. The number of carbonyl (C=O) groups excluding carboxylic acids is 4. The number of piperidine rings is 1. The number of Topliss-reactive ketones (excluding diaryl/α,β-unsaturated/α-hetero) is 1. The van der Waals surface area contributed by atoms with Gasteiger partial charge < -0.3 is 30.7 Å². The molecule has 2 saturated heterocycles. The van der Waals surface area contributed by atoms with Crippen molar-refractivity contribution in [1.29, 1.82) is 0 Å². The lowest BCUT2D eigenvalue weighted by molar-refractivity contribution is -0.133. The van der Waals surface area contributed by atoms with Crippen molar-refractivity contribution in [2.45, 2.75) is 26.2 Å². The van der Waals surface area contributed by atoms with Gasteiger partial charge in [0.05, 0.1) is 23.6 Å². The molecule has 0 spiro atoms. The Bertz CT molecular complexity index is 1700. The van der Waals surface area contributed by atoms with Crippen molar-refractivity contribution in [3.05, 3.63) is 81.9 Å². The van der Waals surface area contributed by atoms with Crippen LogP contribution in [0.1, 0.15) is 39.6 Å². The molecule has 4 N–H and O–H groups in total. The highest BCUT2D eigenvalue weighted by molar-refractivity contribution is 6.35. The van der Waals surface area contributed by atoms with Crippen molar-refractivity contribution in [3.8, 4) is 0 Å². The summed E-state index contributed by atoms with van der Waals surface area (Å²) in [5.74, 6) is -2.70. The third-order valence-corrected chi connectivity index (χ3v) is 9.15. The molecule has 0 aliphatic carbocycles. The maximum absolute atomic E-state index is 13.4. The van der Waals surface area contributed by atoms with Crippen molar-refractivity contribution in [2.24, 2.45) is 5.92 Å². The topological polar surface area (TPSA) is 127 Å². The van der Waals surface area contributed by atoms with Gasteiger partial charge in [0.25, 0.3) is 5.91 Å². The minimum absolute atomic E-state index is 0.0997. The second-order valence-electron chi connectivity index (χ2n) is 12.1. The van der Waals surface area contributed by atoms with E-state index in [1.165, 1.54) is 12.1 Å². The number of aromatic amines is 1. The number of likely N-dealkylation sites (N-methyl/N-ethyl adjacent to an activating group) is 1. The number of hydrogen-bond acceptors (Lipinski definition) is 6. The highest BCUT2D eigenvalue weighted by Crippen LogP contribution is 2.36. The summed E-state index contributed by atoms with van der Waals surface area (Å²) in [5.41, 5.74) is 6.35. The van der Waals surface area contributed by atoms with Gasteiger partial charge in [0.2, 0.25) is 11.8 Å². The van der Waals surface area contributed by atoms with Gasteiger partial charge in [0.15, 0.2) is 5.78 Å². The smallest absolute Gasteiger partial charge is 0.256 e. The number of ketones is 1. The number of H-pyrrole nitrogens is 1. The standard InChI is InChI=1S/C34H37FN6O4/c1-19-25(16-31(42)41-12-10-40(3)11-13-41)20(2)37-29(19)15-26-24-9-8-23(14-30(24)39-33(26)44)38-34(45)28-18-36-17-27(32(28)43)21-4-6-22(35)7-5-21/h4-9,14-15,27-28,36-37H,10-13,16-18H2,1-3H3,(H,38,45)(H,39,44)/b26-15-. The number of piperazine rings is 1. The summed E-state index contributed by atoms with van der Waals surface area (Å²) in [6, 6.07) is 10.9. The van der Waals surface area contributed by atoms with Gasteiger partial charge in [0.1, 0.15) is 11.7 Å². The van der Waals surface area contributed by atoms with Crippen LogP contribution in [-0.2, 0) is 25.6 Å². The lowest BCUT2D eigenvalue weighted by Crippen LogP contribution is -2.47. The van der Waals surface area contributed by atoms with Gasteiger partial charge in [0, 0.05) is 61.9 Å². The van der Waals surface area contributed by atoms with Crippen LogP contribution in [0.25, 0.3) is 11.6 Å². The maximum atomic E-state index is 13.4. The van der Waals surface area contributed by atoms with Gasteiger partial charge in [-0.15, -0.1) is 0 Å². The van der Waals surface area contributed by atoms with E-state index in [0.29, 0.717) is 41.0 Å². The van der Waals surface area contributed by atoms with Gasteiger partial charge in [-0.25, -0.2) is 4.39 Å².